The van der Waals surface area contributed by atoms with Gasteiger partial charge in [-0.1, -0.05) is 25.1 Å². The van der Waals surface area contributed by atoms with Crippen LogP contribution in [0.3, 0.4) is 0 Å². The van der Waals surface area contributed by atoms with E-state index in [0.29, 0.717) is 6.42 Å². The van der Waals surface area contributed by atoms with Gasteiger partial charge in [-0.2, -0.15) is 0 Å². The van der Waals surface area contributed by atoms with E-state index in [2.05, 4.69) is 10.3 Å². The van der Waals surface area contributed by atoms with Gasteiger partial charge in [-0.3, -0.25) is 9.78 Å². The SMILES string of the molecule is CC[C@@H](NC(=O)CCCc1ccc(F)cc1)c1cccc(C)n1. The zero-order valence-corrected chi connectivity index (χ0v) is 13.7. The molecule has 0 saturated carbocycles. The van der Waals surface area contributed by atoms with Crippen molar-refractivity contribution < 1.29 is 9.18 Å². The third kappa shape index (κ3) is 5.47. The molecular weight excluding hydrogens is 291 g/mol. The molecule has 3 nitrogen and oxygen atoms in total. The predicted molar refractivity (Wildman–Crippen MR) is 89.5 cm³/mol. The highest BCUT2D eigenvalue weighted by molar-refractivity contribution is 5.76. The van der Waals surface area contributed by atoms with Crippen LogP contribution >= 0.6 is 0 Å². The Morgan fingerprint density at radius 3 is 2.61 bits per heavy atom. The molecule has 1 atom stereocenters. The molecule has 0 fully saturated rings. The molecule has 0 aliphatic carbocycles. The summed E-state index contributed by atoms with van der Waals surface area (Å²) in [6, 6.07) is 12.2. The molecule has 0 aliphatic rings. The minimum atomic E-state index is -0.233. The van der Waals surface area contributed by atoms with Crippen LogP contribution in [0.15, 0.2) is 42.5 Å². The Hall–Kier alpha value is -2.23. The summed E-state index contributed by atoms with van der Waals surface area (Å²) >= 11 is 0. The van der Waals surface area contributed by atoms with Crippen molar-refractivity contribution in [3.63, 3.8) is 0 Å². The van der Waals surface area contributed by atoms with Crippen LogP contribution in [0.2, 0.25) is 0 Å². The van der Waals surface area contributed by atoms with Crippen LogP contribution in [0, 0.1) is 12.7 Å². The molecule has 23 heavy (non-hydrogen) atoms. The number of hydrogen-bond donors (Lipinski definition) is 1. The number of benzene rings is 1. The highest BCUT2D eigenvalue weighted by atomic mass is 19.1. The molecule has 0 unspecified atom stereocenters. The minimum absolute atomic E-state index is 0.0299. The van der Waals surface area contributed by atoms with Gasteiger partial charge in [0, 0.05) is 12.1 Å². The van der Waals surface area contributed by atoms with Gasteiger partial charge in [0.1, 0.15) is 5.82 Å². The monoisotopic (exact) mass is 314 g/mol. The Bertz CT molecular complexity index is 640. The first-order chi connectivity index (χ1) is 11.1. The van der Waals surface area contributed by atoms with Gasteiger partial charge >= 0.3 is 0 Å². The second-order valence-corrected chi connectivity index (χ2v) is 5.71. The lowest BCUT2D eigenvalue weighted by Gasteiger charge is -2.17. The van der Waals surface area contributed by atoms with Crippen molar-refractivity contribution in [2.24, 2.45) is 0 Å². The molecule has 4 heteroatoms. The molecule has 1 N–H and O–H groups in total. The fourth-order valence-corrected chi connectivity index (χ4v) is 2.51. The molecule has 0 spiro atoms. The summed E-state index contributed by atoms with van der Waals surface area (Å²) in [5.41, 5.74) is 2.90. The average molecular weight is 314 g/mol. The van der Waals surface area contributed by atoms with Crippen LogP contribution in [0.1, 0.15) is 49.2 Å². The molecule has 1 aromatic heterocycles. The quantitative estimate of drug-likeness (QED) is 0.835. The second-order valence-electron chi connectivity index (χ2n) is 5.71. The summed E-state index contributed by atoms with van der Waals surface area (Å²) in [5, 5.41) is 3.04. The summed E-state index contributed by atoms with van der Waals surface area (Å²) in [7, 11) is 0. The number of hydrogen-bond acceptors (Lipinski definition) is 2. The van der Waals surface area contributed by atoms with E-state index in [0.717, 1.165) is 36.2 Å². The van der Waals surface area contributed by atoms with Gasteiger partial charge in [0.15, 0.2) is 0 Å². The molecule has 0 saturated heterocycles. The minimum Gasteiger partial charge on any atom is -0.348 e. The lowest BCUT2D eigenvalue weighted by Crippen LogP contribution is -2.28. The lowest BCUT2D eigenvalue weighted by molar-refractivity contribution is -0.122. The van der Waals surface area contributed by atoms with Crippen molar-refractivity contribution in [1.29, 1.82) is 0 Å². The van der Waals surface area contributed by atoms with Crippen LogP contribution < -0.4 is 5.32 Å². The van der Waals surface area contributed by atoms with Crippen LogP contribution in [0.25, 0.3) is 0 Å². The Morgan fingerprint density at radius 2 is 1.96 bits per heavy atom. The number of nitrogens with zero attached hydrogens (tertiary/aromatic N) is 1. The lowest BCUT2D eigenvalue weighted by atomic mass is 10.1. The predicted octanol–water partition coefficient (Wildman–Crippen LogP) is 4.12. The number of aryl methyl sites for hydroxylation is 2. The first-order valence-electron chi connectivity index (χ1n) is 8.06. The normalized spacial score (nSPS) is 12.0. The first kappa shape index (κ1) is 17.1. The molecule has 1 heterocycles. The number of pyridine rings is 1. The standard InChI is InChI=1S/C19H23FN2O/c1-3-17(18-8-4-6-14(2)21-18)22-19(23)9-5-7-15-10-12-16(20)13-11-15/h4,6,8,10-13,17H,3,5,7,9H2,1-2H3,(H,22,23)/t17-/m1/s1. The molecule has 0 aliphatic heterocycles. The van der Waals surface area contributed by atoms with Crippen molar-refractivity contribution >= 4 is 5.91 Å². The fraction of sp³-hybridized carbons (Fsp3) is 0.368. The van der Waals surface area contributed by atoms with Gasteiger partial charge in [-0.15, -0.1) is 0 Å². The molecule has 1 amide bonds. The van der Waals surface area contributed by atoms with Gasteiger partial charge in [-0.05, 0) is 56.0 Å². The topological polar surface area (TPSA) is 42.0 Å². The van der Waals surface area contributed by atoms with E-state index < -0.39 is 0 Å². The van der Waals surface area contributed by atoms with Gasteiger partial charge in [-0.25, -0.2) is 4.39 Å². The van der Waals surface area contributed by atoms with E-state index in [1.807, 2.05) is 32.0 Å². The highest BCUT2D eigenvalue weighted by Crippen LogP contribution is 2.15. The van der Waals surface area contributed by atoms with Crippen molar-refractivity contribution in [1.82, 2.24) is 10.3 Å². The van der Waals surface area contributed by atoms with Crippen LogP contribution in [0.5, 0.6) is 0 Å². The number of aromatic nitrogens is 1. The van der Waals surface area contributed by atoms with Crippen molar-refractivity contribution in [2.45, 2.75) is 45.6 Å². The maximum Gasteiger partial charge on any atom is 0.220 e. The number of nitrogens with one attached hydrogen (secondary N) is 1. The van der Waals surface area contributed by atoms with Gasteiger partial charge in [0.25, 0.3) is 0 Å². The van der Waals surface area contributed by atoms with Crippen LogP contribution in [-0.4, -0.2) is 10.9 Å². The molecule has 2 aromatic rings. The van der Waals surface area contributed by atoms with E-state index in [4.69, 9.17) is 0 Å². The zero-order chi connectivity index (χ0) is 16.7. The van der Waals surface area contributed by atoms with Crippen LogP contribution in [-0.2, 0) is 11.2 Å². The summed E-state index contributed by atoms with van der Waals surface area (Å²) in [4.78, 5) is 16.6. The smallest absolute Gasteiger partial charge is 0.220 e. The third-order valence-electron chi connectivity index (χ3n) is 3.79. The van der Waals surface area contributed by atoms with Gasteiger partial charge in [0.05, 0.1) is 11.7 Å². The summed E-state index contributed by atoms with van der Waals surface area (Å²) < 4.78 is 12.8. The maximum absolute atomic E-state index is 12.8. The number of halogens is 1. The fourth-order valence-electron chi connectivity index (χ4n) is 2.51. The van der Waals surface area contributed by atoms with E-state index in [9.17, 15) is 9.18 Å². The third-order valence-corrected chi connectivity index (χ3v) is 3.79. The summed E-state index contributed by atoms with van der Waals surface area (Å²) in [5.74, 6) is -0.204. The molecule has 122 valence electrons. The van der Waals surface area contributed by atoms with Crippen molar-refractivity contribution in [3.05, 3.63) is 65.2 Å². The number of carbonyl (C=O) groups is 1. The number of carbonyl (C=O) groups excluding carboxylic acids is 1. The first-order valence-corrected chi connectivity index (χ1v) is 8.06. The van der Waals surface area contributed by atoms with E-state index >= 15 is 0 Å². The highest BCUT2D eigenvalue weighted by Gasteiger charge is 2.13. The molecule has 0 radical (unpaired) electrons. The second kappa shape index (κ2) is 8.42. The Balaban J connectivity index is 1.82. The van der Waals surface area contributed by atoms with Gasteiger partial charge in [0.2, 0.25) is 5.91 Å². The largest absolute Gasteiger partial charge is 0.348 e. The summed E-state index contributed by atoms with van der Waals surface area (Å²) in [6.07, 6.45) is 2.78. The maximum atomic E-state index is 12.8. The van der Waals surface area contributed by atoms with Crippen molar-refractivity contribution in [3.8, 4) is 0 Å². The van der Waals surface area contributed by atoms with Crippen molar-refractivity contribution in [2.75, 3.05) is 0 Å². The molecule has 2 rings (SSSR count). The number of amides is 1. The van der Waals surface area contributed by atoms with E-state index in [-0.39, 0.29) is 17.8 Å². The van der Waals surface area contributed by atoms with E-state index in [1.54, 1.807) is 12.1 Å². The van der Waals surface area contributed by atoms with Gasteiger partial charge < -0.3 is 5.32 Å². The molecule has 1 aromatic carbocycles. The Morgan fingerprint density at radius 1 is 1.22 bits per heavy atom. The van der Waals surface area contributed by atoms with E-state index in [1.165, 1.54) is 12.1 Å². The summed E-state index contributed by atoms with van der Waals surface area (Å²) in [6.45, 7) is 3.98. The Kier molecular flexibility index (Phi) is 6.27. The molecule has 0 bridgehead atoms. The zero-order valence-electron chi connectivity index (χ0n) is 13.7. The van der Waals surface area contributed by atoms with Crippen LogP contribution in [0.4, 0.5) is 4.39 Å². The molecular formula is C19H23FN2O. The number of rotatable bonds is 7. The average Bonchev–Trinajstić information content (AvgIpc) is 2.54. The Labute approximate surface area is 137 Å².